The maximum atomic E-state index is 5.72. The standard InChI is InChI=1S/C13H20BrNO2/c1-8(7-15)9(2)10-5-6-11(16-3)12(14)13(10)17-4/h5-6,8-9H,7,15H2,1-4H3. The summed E-state index contributed by atoms with van der Waals surface area (Å²) < 4.78 is 11.6. The van der Waals surface area contributed by atoms with Crippen molar-refractivity contribution in [3.8, 4) is 11.5 Å². The zero-order chi connectivity index (χ0) is 13.0. The minimum Gasteiger partial charge on any atom is -0.495 e. The molecule has 1 rings (SSSR count). The zero-order valence-corrected chi connectivity index (χ0v) is 12.4. The van der Waals surface area contributed by atoms with Crippen LogP contribution in [0.4, 0.5) is 0 Å². The number of ether oxygens (including phenoxy) is 2. The van der Waals surface area contributed by atoms with E-state index < -0.39 is 0 Å². The van der Waals surface area contributed by atoms with Gasteiger partial charge in [0, 0.05) is 0 Å². The van der Waals surface area contributed by atoms with Gasteiger partial charge in [-0.3, -0.25) is 0 Å². The van der Waals surface area contributed by atoms with Crippen LogP contribution in [0.2, 0.25) is 0 Å². The molecule has 0 aliphatic carbocycles. The van der Waals surface area contributed by atoms with Crippen LogP contribution in [0.1, 0.15) is 25.3 Å². The van der Waals surface area contributed by atoms with Gasteiger partial charge in [0.2, 0.25) is 0 Å². The first kappa shape index (κ1) is 14.3. The quantitative estimate of drug-likeness (QED) is 0.908. The molecular formula is C13H20BrNO2. The molecule has 0 saturated carbocycles. The average molecular weight is 302 g/mol. The molecule has 2 atom stereocenters. The molecule has 0 amide bonds. The Morgan fingerprint density at radius 2 is 1.88 bits per heavy atom. The summed E-state index contributed by atoms with van der Waals surface area (Å²) in [6.45, 7) is 4.96. The highest BCUT2D eigenvalue weighted by molar-refractivity contribution is 9.10. The summed E-state index contributed by atoms with van der Waals surface area (Å²) in [6.07, 6.45) is 0. The van der Waals surface area contributed by atoms with Gasteiger partial charge >= 0.3 is 0 Å². The van der Waals surface area contributed by atoms with E-state index in [0.29, 0.717) is 18.4 Å². The van der Waals surface area contributed by atoms with Gasteiger partial charge in [-0.25, -0.2) is 0 Å². The lowest BCUT2D eigenvalue weighted by Crippen LogP contribution is -2.17. The molecule has 0 saturated heterocycles. The van der Waals surface area contributed by atoms with E-state index in [1.165, 1.54) is 0 Å². The second kappa shape index (κ2) is 6.26. The van der Waals surface area contributed by atoms with E-state index in [9.17, 15) is 0 Å². The van der Waals surface area contributed by atoms with Crippen molar-refractivity contribution in [1.82, 2.24) is 0 Å². The Morgan fingerprint density at radius 1 is 1.24 bits per heavy atom. The molecule has 1 aromatic carbocycles. The molecule has 0 aromatic heterocycles. The minimum absolute atomic E-state index is 0.345. The van der Waals surface area contributed by atoms with Gasteiger partial charge in [0.15, 0.2) is 0 Å². The van der Waals surface area contributed by atoms with Crippen molar-refractivity contribution in [2.75, 3.05) is 20.8 Å². The van der Waals surface area contributed by atoms with Gasteiger partial charge in [-0.15, -0.1) is 0 Å². The van der Waals surface area contributed by atoms with Crippen LogP contribution in [0, 0.1) is 5.92 Å². The van der Waals surface area contributed by atoms with Crippen molar-refractivity contribution < 1.29 is 9.47 Å². The summed E-state index contributed by atoms with van der Waals surface area (Å²) in [4.78, 5) is 0. The third-order valence-corrected chi connectivity index (χ3v) is 3.98. The highest BCUT2D eigenvalue weighted by Gasteiger charge is 2.20. The van der Waals surface area contributed by atoms with Gasteiger partial charge < -0.3 is 15.2 Å². The molecule has 2 N–H and O–H groups in total. The third-order valence-electron chi connectivity index (χ3n) is 3.23. The van der Waals surface area contributed by atoms with Crippen LogP contribution in [-0.2, 0) is 0 Å². The number of hydrogen-bond acceptors (Lipinski definition) is 3. The Labute approximate surface area is 111 Å². The topological polar surface area (TPSA) is 44.5 Å². The first-order chi connectivity index (χ1) is 8.06. The SMILES string of the molecule is COc1ccc(C(C)C(C)CN)c(OC)c1Br. The Morgan fingerprint density at radius 3 is 2.35 bits per heavy atom. The third kappa shape index (κ3) is 2.93. The molecular weight excluding hydrogens is 282 g/mol. The van der Waals surface area contributed by atoms with E-state index in [-0.39, 0.29) is 0 Å². The van der Waals surface area contributed by atoms with Crippen molar-refractivity contribution in [2.45, 2.75) is 19.8 Å². The molecule has 0 aliphatic rings. The van der Waals surface area contributed by atoms with Gasteiger partial charge in [0.25, 0.3) is 0 Å². The Bertz CT molecular complexity index is 382. The summed E-state index contributed by atoms with van der Waals surface area (Å²) >= 11 is 3.51. The fourth-order valence-corrected chi connectivity index (χ4v) is 2.47. The summed E-state index contributed by atoms with van der Waals surface area (Å²) in [7, 11) is 3.31. The molecule has 3 nitrogen and oxygen atoms in total. The number of nitrogens with two attached hydrogens (primary N) is 1. The fourth-order valence-electron chi connectivity index (χ4n) is 1.79. The lowest BCUT2D eigenvalue weighted by molar-refractivity contribution is 0.378. The first-order valence-electron chi connectivity index (χ1n) is 5.67. The second-order valence-corrected chi connectivity index (χ2v) is 5.00. The number of methoxy groups -OCH3 is 2. The van der Waals surface area contributed by atoms with Crippen molar-refractivity contribution in [3.05, 3.63) is 22.2 Å². The molecule has 0 radical (unpaired) electrons. The summed E-state index contributed by atoms with van der Waals surface area (Å²) in [5.74, 6) is 2.36. The number of hydrogen-bond donors (Lipinski definition) is 1. The van der Waals surface area contributed by atoms with E-state index in [2.05, 4.69) is 29.8 Å². The van der Waals surface area contributed by atoms with Gasteiger partial charge in [-0.05, 0) is 45.9 Å². The summed E-state index contributed by atoms with van der Waals surface area (Å²) in [5.41, 5.74) is 6.87. The molecule has 0 heterocycles. The lowest BCUT2D eigenvalue weighted by atomic mass is 9.88. The van der Waals surface area contributed by atoms with Crippen molar-refractivity contribution >= 4 is 15.9 Å². The summed E-state index contributed by atoms with van der Waals surface area (Å²) in [5, 5.41) is 0. The lowest BCUT2D eigenvalue weighted by Gasteiger charge is -2.22. The van der Waals surface area contributed by atoms with Crippen LogP contribution >= 0.6 is 15.9 Å². The molecule has 0 bridgehead atoms. The van der Waals surface area contributed by atoms with E-state index >= 15 is 0 Å². The molecule has 0 fully saturated rings. The van der Waals surface area contributed by atoms with Gasteiger partial charge in [0.1, 0.15) is 16.0 Å². The van der Waals surface area contributed by atoms with E-state index in [1.807, 2.05) is 12.1 Å². The van der Waals surface area contributed by atoms with Crippen LogP contribution < -0.4 is 15.2 Å². The highest BCUT2D eigenvalue weighted by atomic mass is 79.9. The Hall–Kier alpha value is -0.740. The van der Waals surface area contributed by atoms with Crippen molar-refractivity contribution in [2.24, 2.45) is 11.7 Å². The molecule has 1 aromatic rings. The average Bonchev–Trinajstić information content (AvgIpc) is 2.36. The van der Waals surface area contributed by atoms with Gasteiger partial charge in [0.05, 0.1) is 14.2 Å². The number of halogens is 1. The van der Waals surface area contributed by atoms with Crippen molar-refractivity contribution in [1.29, 1.82) is 0 Å². The van der Waals surface area contributed by atoms with Crippen LogP contribution in [0.5, 0.6) is 11.5 Å². The molecule has 0 spiro atoms. The second-order valence-electron chi connectivity index (χ2n) is 4.21. The molecule has 96 valence electrons. The van der Waals surface area contributed by atoms with E-state index in [0.717, 1.165) is 21.5 Å². The molecule has 17 heavy (non-hydrogen) atoms. The van der Waals surface area contributed by atoms with Crippen LogP contribution in [0.25, 0.3) is 0 Å². The number of benzene rings is 1. The molecule has 2 unspecified atom stereocenters. The minimum atomic E-state index is 0.345. The van der Waals surface area contributed by atoms with Gasteiger partial charge in [-0.2, -0.15) is 0 Å². The Kier molecular flexibility index (Phi) is 5.28. The maximum Gasteiger partial charge on any atom is 0.140 e. The van der Waals surface area contributed by atoms with Crippen LogP contribution in [0.3, 0.4) is 0 Å². The van der Waals surface area contributed by atoms with Crippen molar-refractivity contribution in [3.63, 3.8) is 0 Å². The normalized spacial score (nSPS) is 14.2. The molecule has 0 aliphatic heterocycles. The van der Waals surface area contributed by atoms with E-state index in [1.54, 1.807) is 14.2 Å². The van der Waals surface area contributed by atoms with Crippen LogP contribution in [-0.4, -0.2) is 20.8 Å². The predicted octanol–water partition coefficient (Wildman–Crippen LogP) is 3.16. The first-order valence-corrected chi connectivity index (χ1v) is 6.46. The fraction of sp³-hybridized carbons (Fsp3) is 0.538. The summed E-state index contributed by atoms with van der Waals surface area (Å²) in [6, 6.07) is 3.99. The Balaban J connectivity index is 3.20. The van der Waals surface area contributed by atoms with Crippen LogP contribution in [0.15, 0.2) is 16.6 Å². The monoisotopic (exact) mass is 301 g/mol. The smallest absolute Gasteiger partial charge is 0.140 e. The zero-order valence-electron chi connectivity index (χ0n) is 10.8. The molecule has 4 heteroatoms. The van der Waals surface area contributed by atoms with Gasteiger partial charge in [-0.1, -0.05) is 19.9 Å². The number of rotatable bonds is 5. The predicted molar refractivity (Wildman–Crippen MR) is 73.9 cm³/mol. The highest BCUT2D eigenvalue weighted by Crippen LogP contribution is 2.41. The maximum absolute atomic E-state index is 5.72. The van der Waals surface area contributed by atoms with E-state index in [4.69, 9.17) is 15.2 Å². The largest absolute Gasteiger partial charge is 0.495 e.